The van der Waals surface area contributed by atoms with Crippen LogP contribution in [0.1, 0.15) is 65.7 Å². The predicted octanol–water partition coefficient (Wildman–Crippen LogP) is 1.85. The average molecular weight is 357 g/mol. The first-order valence-electron chi connectivity index (χ1n) is 9.94. The number of fused-ring (bicyclic) bond motifs is 2. The van der Waals surface area contributed by atoms with Crippen LogP contribution in [0, 0.1) is 22.7 Å². The van der Waals surface area contributed by atoms with E-state index in [1.807, 2.05) is 6.92 Å². The lowest BCUT2D eigenvalue weighted by Gasteiger charge is -2.65. The summed E-state index contributed by atoms with van der Waals surface area (Å²) in [7, 11) is 0. The third kappa shape index (κ3) is 2.53. The summed E-state index contributed by atoms with van der Waals surface area (Å²) in [6.45, 7) is 6.47. The zero-order valence-corrected chi connectivity index (χ0v) is 16.0. The lowest BCUT2D eigenvalue weighted by atomic mass is 9.43. The lowest BCUT2D eigenvalue weighted by molar-refractivity contribution is -0.272. The summed E-state index contributed by atoms with van der Waals surface area (Å²) >= 11 is 0. The van der Waals surface area contributed by atoms with Gasteiger partial charge >= 0.3 is 0 Å². The first-order valence-corrected chi connectivity index (χ1v) is 9.94. The maximum atomic E-state index is 10.6. The fraction of sp³-hybridized carbons (Fsp3) is 1.00. The number of ether oxygens (including phenoxy) is 1. The van der Waals surface area contributed by atoms with Gasteiger partial charge in [-0.25, -0.2) is 0 Å². The molecule has 25 heavy (non-hydrogen) atoms. The Hall–Kier alpha value is -0.200. The van der Waals surface area contributed by atoms with E-state index >= 15 is 0 Å². The van der Waals surface area contributed by atoms with Gasteiger partial charge in [0.2, 0.25) is 0 Å². The van der Waals surface area contributed by atoms with Crippen molar-refractivity contribution in [3.05, 3.63) is 0 Å². The molecule has 5 nitrogen and oxygen atoms in total. The van der Waals surface area contributed by atoms with E-state index in [2.05, 4.69) is 13.8 Å². The van der Waals surface area contributed by atoms with Crippen molar-refractivity contribution < 1.29 is 25.2 Å². The number of aliphatic hydroxyl groups excluding tert-OH is 4. The Kier molecular flexibility index (Phi) is 5.05. The Morgan fingerprint density at radius 1 is 0.960 bits per heavy atom. The molecule has 5 heteroatoms. The van der Waals surface area contributed by atoms with E-state index in [0.717, 1.165) is 32.1 Å². The lowest BCUT2D eigenvalue weighted by Crippen LogP contribution is -2.66. The van der Waals surface area contributed by atoms with Crippen LogP contribution in [-0.2, 0) is 4.74 Å². The second-order valence-corrected chi connectivity index (χ2v) is 9.47. The molecule has 0 radical (unpaired) electrons. The number of rotatable bonds is 4. The van der Waals surface area contributed by atoms with Gasteiger partial charge < -0.3 is 25.2 Å². The minimum absolute atomic E-state index is 0.0121. The maximum absolute atomic E-state index is 10.6. The molecular weight excluding hydrogens is 320 g/mol. The van der Waals surface area contributed by atoms with Gasteiger partial charge in [-0.2, -0.15) is 0 Å². The van der Waals surface area contributed by atoms with E-state index in [1.165, 1.54) is 0 Å². The van der Waals surface area contributed by atoms with Crippen LogP contribution in [0.15, 0.2) is 0 Å². The minimum Gasteiger partial charge on any atom is -0.396 e. The number of hydrogen-bond donors (Lipinski definition) is 4. The van der Waals surface area contributed by atoms with Crippen LogP contribution < -0.4 is 0 Å². The third-order valence-corrected chi connectivity index (χ3v) is 8.46. The second kappa shape index (κ2) is 6.45. The van der Waals surface area contributed by atoms with Gasteiger partial charge in [-0.1, -0.05) is 20.8 Å². The Morgan fingerprint density at radius 2 is 1.68 bits per heavy atom. The Labute approximate surface area is 151 Å². The topological polar surface area (TPSA) is 90.2 Å². The van der Waals surface area contributed by atoms with E-state index in [9.17, 15) is 20.4 Å². The highest BCUT2D eigenvalue weighted by Crippen LogP contribution is 2.67. The molecule has 0 bridgehead atoms. The molecule has 0 amide bonds. The molecule has 2 unspecified atom stereocenters. The van der Waals surface area contributed by atoms with Crippen molar-refractivity contribution in [1.82, 2.24) is 0 Å². The molecule has 3 rings (SSSR count). The monoisotopic (exact) mass is 356 g/mol. The standard InChI is InChI=1S/C20H36O5/c1-14-4-5-15-17(2,12-22)16(24)6-7-18(15,3)20(14)9-8-19(13-23,25-20)10-11-21/h14-16,21-24H,4-13H2,1-3H3/t14-,15?,16?,17+,18-,19-,20-/m1/s1. The summed E-state index contributed by atoms with van der Waals surface area (Å²) < 4.78 is 6.75. The van der Waals surface area contributed by atoms with Crippen molar-refractivity contribution in [2.24, 2.45) is 22.7 Å². The minimum atomic E-state index is -0.653. The molecule has 0 aromatic heterocycles. The van der Waals surface area contributed by atoms with Crippen LogP contribution in [0.5, 0.6) is 0 Å². The highest BCUT2D eigenvalue weighted by molar-refractivity contribution is 5.17. The molecule has 1 saturated heterocycles. The highest BCUT2D eigenvalue weighted by Gasteiger charge is 2.68. The first-order chi connectivity index (χ1) is 11.7. The van der Waals surface area contributed by atoms with Crippen molar-refractivity contribution in [1.29, 1.82) is 0 Å². The summed E-state index contributed by atoms with van der Waals surface area (Å²) in [5.41, 5.74) is -1.66. The predicted molar refractivity (Wildman–Crippen MR) is 95.0 cm³/mol. The molecule has 2 saturated carbocycles. The van der Waals surface area contributed by atoms with Gasteiger partial charge in [0.1, 0.15) is 0 Å². The van der Waals surface area contributed by atoms with Gasteiger partial charge in [-0.3, -0.25) is 0 Å². The SMILES string of the molecule is C[C@@H]1CCC2[C@](C)(CO)C(O)CC[C@@]2(C)[C@@]12CC[C@](CO)(CCO)O2. The van der Waals surface area contributed by atoms with Crippen molar-refractivity contribution in [2.45, 2.75) is 83.0 Å². The van der Waals surface area contributed by atoms with E-state index in [4.69, 9.17) is 4.74 Å². The summed E-state index contributed by atoms with van der Waals surface area (Å²) in [6, 6.07) is 0. The van der Waals surface area contributed by atoms with Gasteiger partial charge in [-0.15, -0.1) is 0 Å². The van der Waals surface area contributed by atoms with Crippen LogP contribution in [-0.4, -0.2) is 57.6 Å². The molecule has 146 valence electrons. The summed E-state index contributed by atoms with van der Waals surface area (Å²) in [5, 5.41) is 40.2. The van der Waals surface area contributed by atoms with Gasteiger partial charge in [0.15, 0.2) is 0 Å². The van der Waals surface area contributed by atoms with Crippen molar-refractivity contribution >= 4 is 0 Å². The number of aliphatic hydroxyl groups is 4. The van der Waals surface area contributed by atoms with E-state index in [-0.39, 0.29) is 36.8 Å². The largest absolute Gasteiger partial charge is 0.396 e. The third-order valence-electron chi connectivity index (χ3n) is 8.46. The molecule has 1 heterocycles. The number of hydrogen-bond acceptors (Lipinski definition) is 5. The summed E-state index contributed by atoms with van der Waals surface area (Å²) in [6.07, 6.45) is 5.15. The molecule has 4 N–H and O–H groups in total. The van der Waals surface area contributed by atoms with Crippen molar-refractivity contribution in [2.75, 3.05) is 19.8 Å². The van der Waals surface area contributed by atoms with E-state index in [0.29, 0.717) is 18.8 Å². The quantitative estimate of drug-likeness (QED) is 0.617. The van der Waals surface area contributed by atoms with E-state index in [1.54, 1.807) is 0 Å². The fourth-order valence-corrected chi connectivity index (χ4v) is 6.70. The molecule has 1 aliphatic heterocycles. The second-order valence-electron chi connectivity index (χ2n) is 9.47. The summed E-state index contributed by atoms with van der Waals surface area (Å²) in [5.74, 6) is 0.549. The molecule has 7 atom stereocenters. The van der Waals surface area contributed by atoms with Crippen LogP contribution in [0.25, 0.3) is 0 Å². The molecule has 0 aromatic rings. The van der Waals surface area contributed by atoms with Gasteiger partial charge in [0.25, 0.3) is 0 Å². The molecular formula is C20H36O5. The van der Waals surface area contributed by atoms with Crippen molar-refractivity contribution in [3.63, 3.8) is 0 Å². The van der Waals surface area contributed by atoms with Crippen LogP contribution in [0.4, 0.5) is 0 Å². The zero-order valence-electron chi connectivity index (χ0n) is 16.0. The molecule has 3 fully saturated rings. The normalized spacial score (nSPS) is 53.2. The average Bonchev–Trinajstić information content (AvgIpc) is 2.99. The summed E-state index contributed by atoms with van der Waals surface area (Å²) in [4.78, 5) is 0. The van der Waals surface area contributed by atoms with E-state index < -0.39 is 17.1 Å². The Balaban J connectivity index is 2.02. The zero-order chi connectivity index (χ0) is 18.5. The Bertz CT molecular complexity index is 498. The smallest absolute Gasteiger partial charge is 0.0942 e. The van der Waals surface area contributed by atoms with Crippen LogP contribution in [0.2, 0.25) is 0 Å². The maximum Gasteiger partial charge on any atom is 0.0942 e. The van der Waals surface area contributed by atoms with Crippen molar-refractivity contribution in [3.8, 4) is 0 Å². The first kappa shape index (κ1) is 19.6. The van der Waals surface area contributed by atoms with Gasteiger partial charge in [0.05, 0.1) is 30.5 Å². The molecule has 2 aliphatic carbocycles. The van der Waals surface area contributed by atoms with Gasteiger partial charge in [-0.05, 0) is 50.4 Å². The Morgan fingerprint density at radius 3 is 2.28 bits per heavy atom. The van der Waals surface area contributed by atoms with Gasteiger partial charge in [0, 0.05) is 23.9 Å². The van der Waals surface area contributed by atoms with Crippen LogP contribution >= 0.6 is 0 Å². The molecule has 1 spiro atoms. The fourth-order valence-electron chi connectivity index (χ4n) is 6.70. The van der Waals surface area contributed by atoms with Crippen LogP contribution in [0.3, 0.4) is 0 Å². The molecule has 3 aliphatic rings. The molecule has 0 aromatic carbocycles. The highest BCUT2D eigenvalue weighted by atomic mass is 16.5.